The minimum Gasteiger partial charge on any atom is -0.469 e. The van der Waals surface area contributed by atoms with Crippen molar-refractivity contribution in [1.29, 1.82) is 0 Å². The standard InChI is InChI=1S/C31H35N3O4/c1-33-27(21-16-10-6-11-17-21)28(22-18-12-7-13-19-22)34(2)29(33)23-24(30(35)37-3)25(20-14-8-5-9-15-20)32-26(23)31(36)38-4/h5-19,23-29,32H,1-4H3/t23-,24-,25-,26-,27-,28-/m1/s1. The number of esters is 2. The number of carbonyl (C=O) groups excluding carboxylic acids is 2. The SMILES string of the molecule is COC(=O)[C@@H]1[C@@H](C2N(C)[C@H](c3ccccc3)[C@@H](c3ccccc3)N2C)[C@H](C(=O)OC)N[C@@H]1c1ccccc1. The van der Waals surface area contributed by atoms with E-state index < -0.39 is 23.9 Å². The largest absolute Gasteiger partial charge is 0.469 e. The molecule has 0 aliphatic carbocycles. The predicted octanol–water partition coefficient (Wildman–Crippen LogP) is 3.96. The van der Waals surface area contributed by atoms with Gasteiger partial charge in [0, 0.05) is 12.0 Å². The summed E-state index contributed by atoms with van der Waals surface area (Å²) in [6, 6.07) is 29.5. The average Bonchev–Trinajstić information content (AvgIpc) is 3.48. The number of hydrogen-bond donors (Lipinski definition) is 1. The van der Waals surface area contributed by atoms with Gasteiger partial charge >= 0.3 is 11.9 Å². The van der Waals surface area contributed by atoms with Gasteiger partial charge in [0.1, 0.15) is 6.04 Å². The van der Waals surface area contributed by atoms with Crippen LogP contribution in [-0.2, 0) is 19.1 Å². The van der Waals surface area contributed by atoms with Crippen LogP contribution >= 0.6 is 0 Å². The lowest BCUT2D eigenvalue weighted by Gasteiger charge is -2.36. The van der Waals surface area contributed by atoms with E-state index in [1.807, 2.05) is 42.5 Å². The van der Waals surface area contributed by atoms with E-state index in [-0.39, 0.29) is 30.2 Å². The fourth-order valence-corrected chi connectivity index (χ4v) is 6.68. The summed E-state index contributed by atoms with van der Waals surface area (Å²) in [7, 11) is 6.97. The van der Waals surface area contributed by atoms with Crippen molar-refractivity contribution in [2.45, 2.75) is 30.3 Å². The lowest BCUT2D eigenvalue weighted by atomic mass is 9.81. The fraction of sp³-hybridized carbons (Fsp3) is 0.355. The number of hydrogen-bond acceptors (Lipinski definition) is 7. The van der Waals surface area contributed by atoms with Crippen LogP contribution in [0.1, 0.15) is 34.8 Å². The molecule has 0 unspecified atom stereocenters. The molecule has 0 radical (unpaired) electrons. The minimum absolute atomic E-state index is 0.000897. The number of ether oxygens (including phenoxy) is 2. The van der Waals surface area contributed by atoms with E-state index in [0.717, 1.165) is 5.56 Å². The zero-order valence-electron chi connectivity index (χ0n) is 22.2. The van der Waals surface area contributed by atoms with E-state index in [1.54, 1.807) is 0 Å². The zero-order valence-corrected chi connectivity index (χ0v) is 22.2. The number of carbonyl (C=O) groups is 2. The molecule has 198 valence electrons. The van der Waals surface area contributed by atoms with Crippen LogP contribution in [-0.4, -0.2) is 62.3 Å². The Kier molecular flexibility index (Phi) is 7.61. The normalized spacial score (nSPS) is 28.3. The molecule has 2 saturated heterocycles. The highest BCUT2D eigenvalue weighted by Crippen LogP contribution is 2.51. The van der Waals surface area contributed by atoms with Crippen LogP contribution < -0.4 is 5.32 Å². The molecule has 0 spiro atoms. The van der Waals surface area contributed by atoms with Crippen molar-refractivity contribution in [2.24, 2.45) is 11.8 Å². The van der Waals surface area contributed by atoms with Gasteiger partial charge < -0.3 is 9.47 Å². The molecule has 0 amide bonds. The molecule has 5 rings (SSSR count). The molecule has 0 bridgehead atoms. The van der Waals surface area contributed by atoms with Gasteiger partial charge in [-0.1, -0.05) is 91.0 Å². The van der Waals surface area contributed by atoms with Crippen molar-refractivity contribution >= 4 is 11.9 Å². The summed E-state index contributed by atoms with van der Waals surface area (Å²) in [6.45, 7) is 0. The Balaban J connectivity index is 1.64. The van der Waals surface area contributed by atoms with Gasteiger partial charge in [0.25, 0.3) is 0 Å². The van der Waals surface area contributed by atoms with Crippen molar-refractivity contribution in [3.8, 4) is 0 Å². The second kappa shape index (κ2) is 11.1. The molecule has 6 atom stereocenters. The fourth-order valence-electron chi connectivity index (χ4n) is 6.68. The number of rotatable bonds is 6. The first-order chi connectivity index (χ1) is 18.5. The number of methoxy groups -OCH3 is 2. The first-order valence-corrected chi connectivity index (χ1v) is 13.0. The van der Waals surface area contributed by atoms with E-state index in [9.17, 15) is 9.59 Å². The Labute approximate surface area is 224 Å². The first kappa shape index (κ1) is 26.1. The summed E-state index contributed by atoms with van der Waals surface area (Å²) in [4.78, 5) is 31.4. The highest BCUT2D eigenvalue weighted by Gasteiger charge is 2.59. The monoisotopic (exact) mass is 513 g/mol. The summed E-state index contributed by atoms with van der Waals surface area (Å²) in [6.07, 6.45) is -0.264. The number of benzene rings is 3. The van der Waals surface area contributed by atoms with Crippen LogP contribution in [0.15, 0.2) is 91.0 Å². The highest BCUT2D eigenvalue weighted by atomic mass is 16.5. The van der Waals surface area contributed by atoms with Crippen LogP contribution in [0.5, 0.6) is 0 Å². The Morgan fingerprint density at radius 1 is 0.658 bits per heavy atom. The summed E-state index contributed by atoms with van der Waals surface area (Å²) in [5.41, 5.74) is 3.28. The third-order valence-electron chi connectivity index (χ3n) is 8.24. The summed E-state index contributed by atoms with van der Waals surface area (Å²) in [5.74, 6) is -1.77. The minimum atomic E-state index is -0.699. The van der Waals surface area contributed by atoms with Crippen LogP contribution in [0.3, 0.4) is 0 Å². The van der Waals surface area contributed by atoms with Gasteiger partial charge in [0.2, 0.25) is 0 Å². The number of nitrogens with zero attached hydrogens (tertiary/aromatic N) is 2. The molecular formula is C31H35N3O4. The zero-order chi connectivity index (χ0) is 26.8. The maximum Gasteiger partial charge on any atom is 0.323 e. The van der Waals surface area contributed by atoms with E-state index in [4.69, 9.17) is 9.47 Å². The van der Waals surface area contributed by atoms with Crippen LogP contribution in [0.4, 0.5) is 0 Å². The quantitative estimate of drug-likeness (QED) is 0.500. The molecule has 38 heavy (non-hydrogen) atoms. The topological polar surface area (TPSA) is 71.1 Å². The first-order valence-electron chi connectivity index (χ1n) is 13.0. The number of likely N-dealkylation sites (N-methyl/N-ethyl adjacent to an activating group) is 2. The smallest absolute Gasteiger partial charge is 0.323 e. The lowest BCUT2D eigenvalue weighted by molar-refractivity contribution is -0.151. The number of nitrogens with one attached hydrogen (secondary N) is 1. The van der Waals surface area contributed by atoms with Crippen molar-refractivity contribution < 1.29 is 19.1 Å². The van der Waals surface area contributed by atoms with Gasteiger partial charge in [0.15, 0.2) is 0 Å². The van der Waals surface area contributed by atoms with Crippen molar-refractivity contribution in [2.75, 3.05) is 28.3 Å². The van der Waals surface area contributed by atoms with Crippen LogP contribution in [0, 0.1) is 11.8 Å². The third-order valence-corrected chi connectivity index (χ3v) is 8.24. The summed E-state index contributed by atoms with van der Waals surface area (Å²) >= 11 is 0. The Morgan fingerprint density at radius 3 is 1.50 bits per heavy atom. The summed E-state index contributed by atoms with van der Waals surface area (Å²) in [5, 5.41) is 3.47. The van der Waals surface area contributed by atoms with E-state index in [1.165, 1.54) is 25.3 Å². The van der Waals surface area contributed by atoms with Crippen molar-refractivity contribution in [3.63, 3.8) is 0 Å². The maximum absolute atomic E-state index is 13.5. The van der Waals surface area contributed by atoms with Gasteiger partial charge in [-0.3, -0.25) is 24.7 Å². The molecule has 1 N–H and O–H groups in total. The molecule has 0 aromatic heterocycles. The molecule has 0 saturated carbocycles. The van der Waals surface area contributed by atoms with Gasteiger partial charge in [-0.2, -0.15) is 0 Å². The van der Waals surface area contributed by atoms with Gasteiger partial charge in [0.05, 0.1) is 38.4 Å². The molecule has 2 fully saturated rings. The van der Waals surface area contributed by atoms with Crippen molar-refractivity contribution in [3.05, 3.63) is 108 Å². The van der Waals surface area contributed by atoms with E-state index in [0.29, 0.717) is 0 Å². The Bertz CT molecular complexity index is 1190. The Hall–Kier alpha value is -3.52. The Morgan fingerprint density at radius 2 is 1.08 bits per heavy atom. The maximum atomic E-state index is 13.5. The molecule has 2 heterocycles. The lowest BCUT2D eigenvalue weighted by Crippen LogP contribution is -2.52. The molecular weight excluding hydrogens is 478 g/mol. The van der Waals surface area contributed by atoms with Gasteiger partial charge in [-0.05, 0) is 30.8 Å². The van der Waals surface area contributed by atoms with Gasteiger partial charge in [-0.15, -0.1) is 0 Å². The van der Waals surface area contributed by atoms with Gasteiger partial charge in [-0.25, -0.2) is 0 Å². The third kappa shape index (κ3) is 4.51. The van der Waals surface area contributed by atoms with E-state index in [2.05, 4.69) is 77.7 Å². The molecule has 3 aromatic rings. The van der Waals surface area contributed by atoms with E-state index >= 15 is 0 Å². The predicted molar refractivity (Wildman–Crippen MR) is 145 cm³/mol. The second-order valence-corrected chi connectivity index (χ2v) is 10.1. The molecule has 2 aliphatic rings. The van der Waals surface area contributed by atoms with Crippen LogP contribution in [0.25, 0.3) is 0 Å². The highest BCUT2D eigenvalue weighted by molar-refractivity contribution is 5.81. The molecule has 7 heteroatoms. The average molecular weight is 514 g/mol. The summed E-state index contributed by atoms with van der Waals surface area (Å²) < 4.78 is 10.6. The molecule has 3 aromatic carbocycles. The van der Waals surface area contributed by atoms with Crippen molar-refractivity contribution in [1.82, 2.24) is 15.1 Å². The molecule has 7 nitrogen and oxygen atoms in total. The molecule has 2 aliphatic heterocycles. The second-order valence-electron chi connectivity index (χ2n) is 10.1. The van der Waals surface area contributed by atoms with Crippen LogP contribution in [0.2, 0.25) is 0 Å².